The van der Waals surface area contributed by atoms with Gasteiger partial charge in [0.25, 0.3) is 11.8 Å². The van der Waals surface area contributed by atoms with Crippen LogP contribution >= 0.6 is 0 Å². The van der Waals surface area contributed by atoms with Gasteiger partial charge in [0.05, 0.1) is 28.2 Å². The number of phenolic OH excluding ortho intramolecular Hbond substituents is 1. The van der Waals surface area contributed by atoms with Crippen LogP contribution in [0.3, 0.4) is 0 Å². The Morgan fingerprint density at radius 2 is 1.95 bits per heavy atom. The Balaban J connectivity index is 1.27. The number of hydrogen-bond acceptors (Lipinski definition) is 8. The molecule has 0 radical (unpaired) electrons. The fourth-order valence-corrected chi connectivity index (χ4v) is 8.53. The highest BCUT2D eigenvalue weighted by molar-refractivity contribution is 6.22. The van der Waals surface area contributed by atoms with Crippen molar-refractivity contribution in [3.63, 3.8) is 0 Å². The lowest BCUT2D eigenvalue weighted by Gasteiger charge is -2.64. The number of ether oxygens (including phenoxy) is 3. The van der Waals surface area contributed by atoms with Crippen molar-refractivity contribution in [1.29, 1.82) is 0 Å². The number of imide groups is 1. The highest BCUT2D eigenvalue weighted by Crippen LogP contribution is 2.66. The highest BCUT2D eigenvalue weighted by Gasteiger charge is 2.74. The summed E-state index contributed by atoms with van der Waals surface area (Å²) in [5.41, 5.74) is 0.498. The van der Waals surface area contributed by atoms with Crippen LogP contribution in [0.4, 0.5) is 0 Å². The summed E-state index contributed by atoms with van der Waals surface area (Å²) in [6.45, 7) is 1.86. The molecule has 2 saturated carbocycles. The van der Waals surface area contributed by atoms with Gasteiger partial charge in [0.15, 0.2) is 18.3 Å². The molecule has 5 atom stereocenters. The maximum absolute atomic E-state index is 13.7. The molecule has 204 valence electrons. The monoisotopic (exact) mass is 532 g/mol. The number of piperidine rings is 1. The topological polar surface area (TPSA) is 109 Å². The Labute approximate surface area is 226 Å². The van der Waals surface area contributed by atoms with Crippen molar-refractivity contribution in [2.24, 2.45) is 5.92 Å². The fraction of sp³-hybridized carbons (Fsp3) is 0.533. The molecule has 9 heteroatoms. The number of carbonyl (C=O) groups excluding carboxylic acids is 2. The average molecular weight is 533 g/mol. The van der Waals surface area contributed by atoms with Crippen LogP contribution < -0.4 is 9.47 Å². The number of aliphatic hydroxyl groups is 1. The molecule has 3 aliphatic heterocycles. The summed E-state index contributed by atoms with van der Waals surface area (Å²) < 4.78 is 17.9. The third-order valence-corrected chi connectivity index (χ3v) is 10.3. The lowest BCUT2D eigenvalue weighted by atomic mass is 9.48. The number of phenols is 1. The van der Waals surface area contributed by atoms with Crippen molar-refractivity contribution in [1.82, 2.24) is 9.80 Å². The van der Waals surface area contributed by atoms with Gasteiger partial charge in [-0.2, -0.15) is 0 Å². The molecule has 3 heterocycles. The third kappa shape index (κ3) is 2.90. The van der Waals surface area contributed by atoms with E-state index in [1.54, 1.807) is 19.2 Å². The smallest absolute Gasteiger partial charge is 0.265 e. The van der Waals surface area contributed by atoms with Crippen molar-refractivity contribution in [3.05, 3.63) is 52.6 Å². The molecule has 2 aromatic carbocycles. The predicted molar refractivity (Wildman–Crippen MR) is 138 cm³/mol. The van der Waals surface area contributed by atoms with Gasteiger partial charge in [-0.25, -0.2) is 0 Å². The van der Waals surface area contributed by atoms with Gasteiger partial charge in [-0.05, 0) is 74.8 Å². The van der Waals surface area contributed by atoms with Crippen LogP contribution in [0, 0.1) is 5.92 Å². The van der Waals surface area contributed by atoms with Crippen molar-refractivity contribution in [3.8, 4) is 17.2 Å². The molecule has 2 bridgehead atoms. The average Bonchev–Trinajstić information content (AvgIpc) is 3.61. The molecule has 2 aromatic rings. The molecule has 0 aromatic heterocycles. The van der Waals surface area contributed by atoms with Crippen LogP contribution in [0.5, 0.6) is 17.2 Å². The van der Waals surface area contributed by atoms with Gasteiger partial charge in [-0.1, -0.05) is 12.1 Å². The number of aromatic hydroxyl groups is 1. The van der Waals surface area contributed by atoms with Crippen LogP contribution in [-0.4, -0.2) is 82.6 Å². The van der Waals surface area contributed by atoms with Gasteiger partial charge in [0.2, 0.25) is 0 Å². The van der Waals surface area contributed by atoms with Gasteiger partial charge >= 0.3 is 0 Å². The van der Waals surface area contributed by atoms with Crippen molar-refractivity contribution in [2.45, 2.75) is 67.7 Å². The first-order valence-corrected chi connectivity index (χ1v) is 14.0. The number of likely N-dealkylation sites (tertiary alicyclic amines) is 1. The molecule has 39 heavy (non-hydrogen) atoms. The van der Waals surface area contributed by atoms with Crippen molar-refractivity contribution >= 4 is 11.8 Å². The second-order valence-electron chi connectivity index (χ2n) is 12.1. The van der Waals surface area contributed by atoms with Crippen LogP contribution in [-0.2, 0) is 16.6 Å². The number of carbonyl (C=O) groups is 2. The second kappa shape index (κ2) is 7.96. The SMILES string of the molecule is COCOc1ccc2c3c1O[C@H]1[C@H](N4C(=O)c5cccc(O)c5C4=O)CC[C@@]4(O)[C@H](C2)N(CC2CC2)CC[C@]314. The summed E-state index contributed by atoms with van der Waals surface area (Å²) in [5.74, 6) is 0.703. The summed E-state index contributed by atoms with van der Waals surface area (Å²) >= 11 is 0. The molecule has 3 fully saturated rings. The molecule has 2 N–H and O–H groups in total. The normalized spacial score (nSPS) is 34.1. The lowest BCUT2D eigenvalue weighted by molar-refractivity contribution is -0.196. The van der Waals surface area contributed by atoms with Crippen LogP contribution in [0.15, 0.2) is 30.3 Å². The van der Waals surface area contributed by atoms with E-state index in [-0.39, 0.29) is 29.7 Å². The van der Waals surface area contributed by atoms with E-state index >= 15 is 0 Å². The first kappa shape index (κ1) is 23.7. The molecule has 3 aliphatic carbocycles. The summed E-state index contributed by atoms with van der Waals surface area (Å²) in [6.07, 6.45) is 4.11. The minimum atomic E-state index is -1.07. The zero-order valence-corrected chi connectivity index (χ0v) is 21.9. The van der Waals surface area contributed by atoms with Gasteiger partial charge < -0.3 is 24.4 Å². The summed E-state index contributed by atoms with van der Waals surface area (Å²) in [7, 11) is 1.56. The van der Waals surface area contributed by atoms with Crippen LogP contribution in [0.25, 0.3) is 0 Å². The number of nitrogens with zero attached hydrogens (tertiary/aromatic N) is 2. The van der Waals surface area contributed by atoms with E-state index in [1.165, 1.54) is 23.8 Å². The molecule has 1 saturated heterocycles. The molecule has 8 rings (SSSR count). The standard InChI is InChI=1S/C30H32N2O7/c1-37-15-38-21-8-7-17-13-22-30(36)10-9-19(32-27(34)18-3-2-4-20(33)23(18)28(32)35)26-29(30,24(17)25(21)39-26)11-12-31(22)14-16-5-6-16/h2-4,7-8,16,19,22,26,33,36H,5-6,9-15H2,1H3/t19-,22+,26+,29+,30-/m1/s1. The molecule has 2 amide bonds. The minimum Gasteiger partial charge on any atom is -0.507 e. The first-order chi connectivity index (χ1) is 18.9. The summed E-state index contributed by atoms with van der Waals surface area (Å²) in [5, 5.41) is 23.2. The molecule has 9 nitrogen and oxygen atoms in total. The van der Waals surface area contributed by atoms with E-state index in [9.17, 15) is 19.8 Å². The largest absolute Gasteiger partial charge is 0.507 e. The third-order valence-electron chi connectivity index (χ3n) is 10.3. The first-order valence-electron chi connectivity index (χ1n) is 14.0. The number of methoxy groups -OCH3 is 1. The summed E-state index contributed by atoms with van der Waals surface area (Å²) in [4.78, 5) is 31.1. The number of hydrogen-bond donors (Lipinski definition) is 2. The molecule has 0 unspecified atom stereocenters. The van der Waals surface area contributed by atoms with Gasteiger partial charge in [-0.15, -0.1) is 0 Å². The van der Waals surface area contributed by atoms with Crippen LogP contribution in [0.2, 0.25) is 0 Å². The van der Waals surface area contributed by atoms with E-state index in [2.05, 4.69) is 11.0 Å². The van der Waals surface area contributed by atoms with Crippen molar-refractivity contribution in [2.75, 3.05) is 27.0 Å². The molecule has 1 spiro atoms. The number of rotatable bonds is 6. The van der Waals surface area contributed by atoms with E-state index < -0.39 is 35.0 Å². The lowest BCUT2D eigenvalue weighted by Crippen LogP contribution is -2.78. The van der Waals surface area contributed by atoms with Gasteiger partial charge in [0, 0.05) is 25.3 Å². The highest BCUT2D eigenvalue weighted by atomic mass is 16.7. The molecule has 6 aliphatic rings. The second-order valence-corrected chi connectivity index (χ2v) is 12.1. The Bertz CT molecular complexity index is 1420. The number of amides is 2. The Hall–Kier alpha value is -3.14. The van der Waals surface area contributed by atoms with Gasteiger partial charge in [0.1, 0.15) is 11.9 Å². The number of fused-ring (bicyclic) bond motifs is 1. The molecular formula is C30H32N2O7. The zero-order chi connectivity index (χ0) is 26.7. The van der Waals surface area contributed by atoms with E-state index in [4.69, 9.17) is 14.2 Å². The van der Waals surface area contributed by atoms with E-state index in [0.29, 0.717) is 36.7 Å². The van der Waals surface area contributed by atoms with Crippen LogP contribution in [0.1, 0.15) is 63.9 Å². The van der Waals surface area contributed by atoms with E-state index in [0.717, 1.165) is 30.6 Å². The molecular weight excluding hydrogens is 500 g/mol. The fourth-order valence-electron chi connectivity index (χ4n) is 8.53. The maximum atomic E-state index is 13.7. The zero-order valence-electron chi connectivity index (χ0n) is 21.9. The quantitative estimate of drug-likeness (QED) is 0.432. The predicted octanol–water partition coefficient (Wildman–Crippen LogP) is 2.60. The van der Waals surface area contributed by atoms with E-state index in [1.807, 2.05) is 6.07 Å². The van der Waals surface area contributed by atoms with Gasteiger partial charge in [-0.3, -0.25) is 19.4 Å². The Morgan fingerprint density at radius 1 is 1.10 bits per heavy atom. The summed E-state index contributed by atoms with van der Waals surface area (Å²) in [6, 6.07) is 7.92. The van der Waals surface area contributed by atoms with Crippen molar-refractivity contribution < 1.29 is 34.0 Å². The Morgan fingerprint density at radius 3 is 2.72 bits per heavy atom. The Kier molecular flexibility index (Phi) is 4.84. The minimum absolute atomic E-state index is 0.0434. The number of benzene rings is 2. The maximum Gasteiger partial charge on any atom is 0.265 e.